The maximum absolute atomic E-state index is 13.9. The predicted octanol–water partition coefficient (Wildman–Crippen LogP) is 4.26. The van der Waals surface area contributed by atoms with Crippen LogP contribution in [0.1, 0.15) is 17.3 Å². The average Bonchev–Trinajstić information content (AvgIpc) is 2.97. The summed E-state index contributed by atoms with van der Waals surface area (Å²) in [4.78, 5) is 12.4. The van der Waals surface area contributed by atoms with Crippen LogP contribution in [-0.4, -0.2) is 25.8 Å². The van der Waals surface area contributed by atoms with Crippen LogP contribution >= 0.6 is 11.8 Å². The predicted molar refractivity (Wildman–Crippen MR) is 92.4 cm³/mol. The summed E-state index contributed by atoms with van der Waals surface area (Å²) in [6.07, 6.45) is 0. The van der Waals surface area contributed by atoms with E-state index in [1.165, 1.54) is 12.1 Å². The Bertz CT molecular complexity index is 974. The van der Waals surface area contributed by atoms with Crippen molar-refractivity contribution in [3.63, 3.8) is 0 Å². The Labute approximate surface area is 152 Å². The number of Topliss-reactive ketones (excluding diaryl/α,β-unsaturated/α-hetero) is 1. The summed E-state index contributed by atoms with van der Waals surface area (Å²) in [5.74, 6) is -2.55. The Morgan fingerprint density at radius 3 is 2.46 bits per heavy atom. The Morgan fingerprint density at radius 1 is 1.04 bits per heavy atom. The summed E-state index contributed by atoms with van der Waals surface area (Å²) in [5.41, 5.74) is 0.370. The molecule has 4 nitrogen and oxygen atoms in total. The van der Waals surface area contributed by atoms with E-state index < -0.39 is 22.7 Å². The van der Waals surface area contributed by atoms with Crippen LogP contribution in [0.3, 0.4) is 0 Å². The van der Waals surface area contributed by atoms with Crippen molar-refractivity contribution in [2.75, 3.05) is 0 Å². The first-order chi connectivity index (χ1) is 12.4. The van der Waals surface area contributed by atoms with Gasteiger partial charge in [-0.15, -0.1) is 10.2 Å². The largest absolute Gasteiger partial charge is 0.305 e. The van der Waals surface area contributed by atoms with Crippen molar-refractivity contribution in [1.82, 2.24) is 14.8 Å². The lowest BCUT2D eigenvalue weighted by Gasteiger charge is -2.10. The summed E-state index contributed by atoms with van der Waals surface area (Å²) in [6, 6.07) is 9.20. The van der Waals surface area contributed by atoms with Gasteiger partial charge in [0, 0.05) is 12.6 Å². The normalized spacial score (nSPS) is 12.2. The number of nitrogens with zero attached hydrogens (tertiary/aromatic N) is 3. The van der Waals surface area contributed by atoms with Gasteiger partial charge in [0.05, 0.1) is 10.8 Å². The van der Waals surface area contributed by atoms with Crippen LogP contribution in [0.4, 0.5) is 13.2 Å². The summed E-state index contributed by atoms with van der Waals surface area (Å²) in [5, 5.41) is 7.79. The van der Waals surface area contributed by atoms with E-state index in [-0.39, 0.29) is 11.3 Å². The number of halogens is 3. The minimum absolute atomic E-state index is 0.0698. The molecule has 0 spiro atoms. The first-order valence-corrected chi connectivity index (χ1v) is 8.56. The van der Waals surface area contributed by atoms with Gasteiger partial charge in [0.1, 0.15) is 5.82 Å². The molecule has 3 aromatic rings. The molecule has 0 fully saturated rings. The molecule has 3 rings (SSSR count). The molecule has 26 heavy (non-hydrogen) atoms. The molecule has 0 aliphatic heterocycles. The molecular formula is C18H14F3N3OS. The Balaban J connectivity index is 1.82. The van der Waals surface area contributed by atoms with Gasteiger partial charge in [-0.2, -0.15) is 0 Å². The molecule has 0 radical (unpaired) electrons. The number of thioether (sulfide) groups is 1. The smallest absolute Gasteiger partial charge is 0.191 e. The minimum Gasteiger partial charge on any atom is -0.305 e. The van der Waals surface area contributed by atoms with Crippen LogP contribution in [0.15, 0.2) is 47.6 Å². The molecule has 0 saturated heterocycles. The zero-order valence-corrected chi connectivity index (χ0v) is 14.7. The van der Waals surface area contributed by atoms with Crippen molar-refractivity contribution >= 4 is 17.5 Å². The van der Waals surface area contributed by atoms with E-state index in [4.69, 9.17) is 0 Å². The van der Waals surface area contributed by atoms with E-state index in [0.29, 0.717) is 16.5 Å². The summed E-state index contributed by atoms with van der Waals surface area (Å²) < 4.78 is 41.9. The second kappa shape index (κ2) is 7.33. The lowest BCUT2D eigenvalue weighted by molar-refractivity contribution is 0.0993. The molecule has 2 aromatic carbocycles. The molecule has 0 aliphatic carbocycles. The Kier molecular flexibility index (Phi) is 5.13. The molecule has 1 heterocycles. The van der Waals surface area contributed by atoms with Crippen molar-refractivity contribution < 1.29 is 18.0 Å². The molecule has 0 aliphatic rings. The van der Waals surface area contributed by atoms with Gasteiger partial charge in [0.25, 0.3) is 0 Å². The number of aromatic nitrogens is 3. The summed E-state index contributed by atoms with van der Waals surface area (Å²) >= 11 is 1.11. The fourth-order valence-corrected chi connectivity index (χ4v) is 3.28. The van der Waals surface area contributed by atoms with Gasteiger partial charge in [-0.05, 0) is 37.3 Å². The number of hydrogen-bond donors (Lipinski definition) is 0. The third-order valence-electron chi connectivity index (χ3n) is 3.81. The van der Waals surface area contributed by atoms with Crippen molar-refractivity contribution in [1.29, 1.82) is 0 Å². The maximum atomic E-state index is 13.9. The highest BCUT2D eigenvalue weighted by atomic mass is 32.2. The van der Waals surface area contributed by atoms with Crippen LogP contribution in [0.5, 0.6) is 0 Å². The Hall–Kier alpha value is -2.61. The number of hydrogen-bond acceptors (Lipinski definition) is 4. The molecular weight excluding hydrogens is 363 g/mol. The monoisotopic (exact) mass is 377 g/mol. The molecule has 8 heteroatoms. The van der Waals surface area contributed by atoms with Gasteiger partial charge in [-0.1, -0.05) is 23.9 Å². The van der Waals surface area contributed by atoms with Crippen molar-refractivity contribution in [3.8, 4) is 11.4 Å². The first kappa shape index (κ1) is 18.2. The molecule has 0 N–H and O–H groups in total. The second-order valence-electron chi connectivity index (χ2n) is 5.60. The zero-order valence-electron chi connectivity index (χ0n) is 13.9. The number of carbonyl (C=O) groups is 1. The number of benzene rings is 2. The summed E-state index contributed by atoms with van der Waals surface area (Å²) in [6.45, 7) is 1.63. The fraction of sp³-hybridized carbons (Fsp3) is 0.167. The number of rotatable bonds is 5. The van der Waals surface area contributed by atoms with Crippen LogP contribution in [-0.2, 0) is 7.05 Å². The van der Waals surface area contributed by atoms with E-state index in [1.807, 2.05) is 0 Å². The second-order valence-corrected chi connectivity index (χ2v) is 6.91. The molecule has 0 amide bonds. The number of ketones is 1. The van der Waals surface area contributed by atoms with E-state index >= 15 is 0 Å². The standard InChI is InChI=1S/C18H14F3N3OS/c1-10(16(25)11-7-8-14(20)15(21)9-11)26-18-23-22-17(24(18)2)12-5-3-4-6-13(12)19/h3-10H,1-2H3. The third kappa shape index (κ3) is 3.50. The third-order valence-corrected chi connectivity index (χ3v) is 4.94. The molecule has 134 valence electrons. The van der Waals surface area contributed by atoms with E-state index in [9.17, 15) is 18.0 Å². The van der Waals surface area contributed by atoms with Crippen LogP contribution in [0, 0.1) is 17.5 Å². The number of carbonyl (C=O) groups excluding carboxylic acids is 1. The average molecular weight is 377 g/mol. The van der Waals surface area contributed by atoms with E-state index in [0.717, 1.165) is 23.9 Å². The van der Waals surface area contributed by atoms with Gasteiger partial charge in [-0.25, -0.2) is 13.2 Å². The van der Waals surface area contributed by atoms with Crippen LogP contribution < -0.4 is 0 Å². The first-order valence-electron chi connectivity index (χ1n) is 7.68. The molecule has 1 atom stereocenters. The van der Waals surface area contributed by atoms with Gasteiger partial charge < -0.3 is 4.57 Å². The van der Waals surface area contributed by atoms with Gasteiger partial charge in [0.15, 0.2) is 28.4 Å². The van der Waals surface area contributed by atoms with Crippen molar-refractivity contribution in [2.24, 2.45) is 7.05 Å². The van der Waals surface area contributed by atoms with Crippen LogP contribution in [0.2, 0.25) is 0 Å². The van der Waals surface area contributed by atoms with Gasteiger partial charge in [0.2, 0.25) is 0 Å². The fourth-order valence-electron chi connectivity index (χ4n) is 2.39. The van der Waals surface area contributed by atoms with Crippen molar-refractivity contribution in [2.45, 2.75) is 17.3 Å². The molecule has 0 bridgehead atoms. The van der Waals surface area contributed by atoms with Gasteiger partial charge in [-0.3, -0.25) is 4.79 Å². The highest BCUT2D eigenvalue weighted by Gasteiger charge is 2.22. The molecule has 1 aromatic heterocycles. The Morgan fingerprint density at radius 2 is 1.77 bits per heavy atom. The summed E-state index contributed by atoms with van der Waals surface area (Å²) in [7, 11) is 1.67. The highest BCUT2D eigenvalue weighted by Crippen LogP contribution is 2.28. The molecule has 1 unspecified atom stereocenters. The van der Waals surface area contributed by atoms with E-state index in [1.54, 1.807) is 36.7 Å². The lowest BCUT2D eigenvalue weighted by Crippen LogP contribution is -2.15. The SMILES string of the molecule is CC(Sc1nnc(-c2ccccc2F)n1C)C(=O)c1ccc(F)c(F)c1. The topological polar surface area (TPSA) is 47.8 Å². The zero-order chi connectivity index (χ0) is 18.8. The van der Waals surface area contributed by atoms with Gasteiger partial charge >= 0.3 is 0 Å². The van der Waals surface area contributed by atoms with Crippen molar-refractivity contribution in [3.05, 3.63) is 65.5 Å². The molecule has 0 saturated carbocycles. The lowest BCUT2D eigenvalue weighted by atomic mass is 10.1. The van der Waals surface area contributed by atoms with Crippen LogP contribution in [0.25, 0.3) is 11.4 Å². The highest BCUT2D eigenvalue weighted by molar-refractivity contribution is 8.00. The van der Waals surface area contributed by atoms with E-state index in [2.05, 4.69) is 10.2 Å². The quantitative estimate of drug-likeness (QED) is 0.492. The minimum atomic E-state index is -1.08. The maximum Gasteiger partial charge on any atom is 0.191 e.